The third kappa shape index (κ3) is 3.72. The minimum Gasteiger partial charge on any atom is -0.497 e. The highest BCUT2D eigenvalue weighted by Gasteiger charge is 2.16. The highest BCUT2D eigenvalue weighted by Crippen LogP contribution is 2.29. The van der Waals surface area contributed by atoms with Crippen LogP contribution in [-0.4, -0.2) is 30.0 Å². The molecule has 1 aromatic rings. The van der Waals surface area contributed by atoms with Crippen molar-refractivity contribution in [1.29, 1.82) is 0 Å². The van der Waals surface area contributed by atoms with Crippen molar-refractivity contribution in [3.05, 3.63) is 29.3 Å². The van der Waals surface area contributed by atoms with Gasteiger partial charge in [0.05, 0.1) is 19.8 Å². The summed E-state index contributed by atoms with van der Waals surface area (Å²) in [5.41, 5.74) is 2.39. The summed E-state index contributed by atoms with van der Waals surface area (Å²) in [7, 11) is 1.65. The van der Waals surface area contributed by atoms with Crippen molar-refractivity contribution in [2.24, 2.45) is 0 Å². The highest BCUT2D eigenvalue weighted by atomic mass is 16.5. The monoisotopic (exact) mass is 238 g/mol. The molecule has 0 radical (unpaired) electrons. The molecular weight excluding hydrogens is 216 g/mol. The van der Waals surface area contributed by atoms with Crippen molar-refractivity contribution in [1.82, 2.24) is 0 Å². The van der Waals surface area contributed by atoms with Crippen molar-refractivity contribution >= 4 is 0 Å². The van der Waals surface area contributed by atoms with Crippen LogP contribution in [0.4, 0.5) is 0 Å². The molecule has 1 rings (SSSR count). The minimum atomic E-state index is -0.638. The van der Waals surface area contributed by atoms with E-state index >= 15 is 0 Å². The van der Waals surface area contributed by atoms with Crippen LogP contribution >= 0.6 is 0 Å². The van der Waals surface area contributed by atoms with E-state index < -0.39 is 6.10 Å². The summed E-state index contributed by atoms with van der Waals surface area (Å²) in [6.07, 6.45) is 0.908. The summed E-state index contributed by atoms with van der Waals surface area (Å²) in [6, 6.07) is 5.99. The largest absolute Gasteiger partial charge is 0.497 e. The van der Waals surface area contributed by atoms with Crippen LogP contribution in [0.25, 0.3) is 0 Å². The smallest absolute Gasteiger partial charge is 0.119 e. The molecule has 0 heterocycles. The lowest BCUT2D eigenvalue weighted by Crippen LogP contribution is -2.16. The predicted octanol–water partition coefficient (Wildman–Crippen LogP) is 2.24. The fourth-order valence-electron chi connectivity index (χ4n) is 2.15. The van der Waals surface area contributed by atoms with Gasteiger partial charge in [0.25, 0.3) is 0 Å². The Morgan fingerprint density at radius 3 is 2.53 bits per heavy atom. The quantitative estimate of drug-likeness (QED) is 0.799. The molecule has 0 aliphatic carbocycles. The van der Waals surface area contributed by atoms with Gasteiger partial charge in [-0.3, -0.25) is 0 Å². The Morgan fingerprint density at radius 1 is 1.35 bits per heavy atom. The van der Waals surface area contributed by atoms with Gasteiger partial charge in [0.2, 0.25) is 0 Å². The molecule has 0 aliphatic heterocycles. The third-order valence-corrected chi connectivity index (χ3v) is 3.18. The Balaban J connectivity index is 2.88. The van der Waals surface area contributed by atoms with Crippen LogP contribution in [0.15, 0.2) is 18.2 Å². The molecule has 0 bridgehead atoms. The minimum absolute atomic E-state index is 0.175. The summed E-state index contributed by atoms with van der Waals surface area (Å²) in [6.45, 7) is 3.97. The third-order valence-electron chi connectivity index (χ3n) is 3.18. The molecular formula is C14H22O3. The van der Waals surface area contributed by atoms with Gasteiger partial charge in [-0.25, -0.2) is 0 Å². The molecule has 0 fully saturated rings. The summed E-state index contributed by atoms with van der Waals surface area (Å²) >= 11 is 0. The molecule has 2 atom stereocenters. The summed E-state index contributed by atoms with van der Waals surface area (Å²) in [5.74, 6) is 1.13. The number of rotatable bonds is 6. The second-order valence-electron chi connectivity index (χ2n) is 4.40. The number of benzene rings is 1. The van der Waals surface area contributed by atoms with Gasteiger partial charge in [-0.15, -0.1) is 0 Å². The number of hydrogen-bond donors (Lipinski definition) is 2. The molecule has 2 unspecified atom stereocenters. The van der Waals surface area contributed by atoms with Crippen LogP contribution in [-0.2, 0) is 0 Å². The fraction of sp³-hybridized carbons (Fsp3) is 0.571. The van der Waals surface area contributed by atoms with Crippen molar-refractivity contribution in [2.75, 3.05) is 13.7 Å². The highest BCUT2D eigenvalue weighted by molar-refractivity contribution is 5.36. The summed E-state index contributed by atoms with van der Waals surface area (Å²) in [4.78, 5) is 0. The fourth-order valence-corrected chi connectivity index (χ4v) is 2.15. The number of aliphatic hydroxyl groups excluding tert-OH is 2. The molecule has 3 heteroatoms. The summed E-state index contributed by atoms with van der Waals surface area (Å²) < 4.78 is 5.18. The van der Waals surface area contributed by atoms with E-state index in [-0.39, 0.29) is 12.5 Å². The van der Waals surface area contributed by atoms with Crippen molar-refractivity contribution in [3.63, 3.8) is 0 Å². The van der Waals surface area contributed by atoms with E-state index in [1.165, 1.54) is 11.1 Å². The maximum absolute atomic E-state index is 9.54. The Morgan fingerprint density at radius 2 is 2.06 bits per heavy atom. The van der Waals surface area contributed by atoms with E-state index in [0.717, 1.165) is 12.2 Å². The van der Waals surface area contributed by atoms with Gasteiger partial charge in [0.1, 0.15) is 5.75 Å². The Bertz CT molecular complexity index is 349. The lowest BCUT2D eigenvalue weighted by molar-refractivity contribution is 0.0817. The lowest BCUT2D eigenvalue weighted by atomic mass is 9.88. The molecule has 96 valence electrons. The number of hydrogen-bond acceptors (Lipinski definition) is 3. The molecule has 1 aromatic carbocycles. The lowest BCUT2D eigenvalue weighted by Gasteiger charge is -2.20. The molecule has 0 aromatic heterocycles. The zero-order chi connectivity index (χ0) is 12.8. The summed E-state index contributed by atoms with van der Waals surface area (Å²) in [5, 5.41) is 18.4. The zero-order valence-corrected chi connectivity index (χ0v) is 10.8. The van der Waals surface area contributed by atoms with Crippen LogP contribution < -0.4 is 4.74 Å². The number of aryl methyl sites for hydroxylation is 1. The van der Waals surface area contributed by atoms with Gasteiger partial charge >= 0.3 is 0 Å². The Labute approximate surface area is 103 Å². The van der Waals surface area contributed by atoms with Gasteiger partial charge in [-0.2, -0.15) is 0 Å². The van der Waals surface area contributed by atoms with Crippen molar-refractivity contribution < 1.29 is 14.9 Å². The van der Waals surface area contributed by atoms with Crippen LogP contribution in [0.5, 0.6) is 5.75 Å². The Hall–Kier alpha value is -1.06. The molecule has 17 heavy (non-hydrogen) atoms. The maximum Gasteiger partial charge on any atom is 0.119 e. The van der Waals surface area contributed by atoms with E-state index in [4.69, 9.17) is 9.84 Å². The first-order valence-electron chi connectivity index (χ1n) is 6.05. The van der Waals surface area contributed by atoms with E-state index in [0.29, 0.717) is 6.42 Å². The first-order valence-corrected chi connectivity index (χ1v) is 6.05. The second kappa shape index (κ2) is 6.62. The standard InChI is InChI=1S/C14H22O3/c1-4-11(8-12(16)9-15)14-6-5-13(17-3)7-10(14)2/h5-7,11-12,15-16H,4,8-9H2,1-3H3. The molecule has 2 N–H and O–H groups in total. The van der Waals surface area contributed by atoms with Gasteiger partial charge in [-0.05, 0) is 48.9 Å². The van der Waals surface area contributed by atoms with E-state index in [1.54, 1.807) is 7.11 Å². The molecule has 0 saturated heterocycles. The van der Waals surface area contributed by atoms with Crippen LogP contribution in [0.3, 0.4) is 0 Å². The van der Waals surface area contributed by atoms with Gasteiger partial charge < -0.3 is 14.9 Å². The van der Waals surface area contributed by atoms with E-state index in [1.807, 2.05) is 25.1 Å². The second-order valence-corrected chi connectivity index (χ2v) is 4.40. The Kier molecular flexibility index (Phi) is 5.45. The number of methoxy groups -OCH3 is 1. The number of aliphatic hydroxyl groups is 2. The average molecular weight is 238 g/mol. The SMILES string of the molecule is CCC(CC(O)CO)c1ccc(OC)cc1C. The predicted molar refractivity (Wildman–Crippen MR) is 68.5 cm³/mol. The first-order chi connectivity index (χ1) is 8.12. The first kappa shape index (κ1) is 14.0. The van der Waals surface area contributed by atoms with E-state index in [9.17, 15) is 5.11 Å². The van der Waals surface area contributed by atoms with Crippen molar-refractivity contribution in [2.45, 2.75) is 38.7 Å². The number of ether oxygens (including phenoxy) is 1. The topological polar surface area (TPSA) is 49.7 Å². The van der Waals surface area contributed by atoms with Gasteiger partial charge in [-0.1, -0.05) is 13.0 Å². The van der Waals surface area contributed by atoms with Crippen molar-refractivity contribution in [3.8, 4) is 5.75 Å². The van der Waals surface area contributed by atoms with Crippen LogP contribution in [0.2, 0.25) is 0 Å². The molecule has 0 aliphatic rings. The maximum atomic E-state index is 9.54. The molecule has 0 saturated carbocycles. The molecule has 0 amide bonds. The van der Waals surface area contributed by atoms with Crippen LogP contribution in [0.1, 0.15) is 36.8 Å². The van der Waals surface area contributed by atoms with Crippen LogP contribution in [0, 0.1) is 6.92 Å². The van der Waals surface area contributed by atoms with Gasteiger partial charge in [0, 0.05) is 0 Å². The van der Waals surface area contributed by atoms with E-state index in [2.05, 4.69) is 6.92 Å². The zero-order valence-electron chi connectivity index (χ0n) is 10.8. The average Bonchev–Trinajstić information content (AvgIpc) is 2.35. The normalized spacial score (nSPS) is 14.4. The molecule has 3 nitrogen and oxygen atoms in total. The molecule has 0 spiro atoms. The van der Waals surface area contributed by atoms with Gasteiger partial charge in [0.15, 0.2) is 0 Å².